The van der Waals surface area contributed by atoms with Crippen LogP contribution in [0.2, 0.25) is 0 Å². The van der Waals surface area contributed by atoms with Crippen LogP contribution in [-0.2, 0) is 6.42 Å². The molecule has 7 heteroatoms. The summed E-state index contributed by atoms with van der Waals surface area (Å²) in [5, 5.41) is 0. The third-order valence-electron chi connectivity index (χ3n) is 2.84. The number of nitrogens with one attached hydrogen (secondary N) is 1. The van der Waals surface area contributed by atoms with Gasteiger partial charge < -0.3 is 4.98 Å². The summed E-state index contributed by atoms with van der Waals surface area (Å²) < 4.78 is 28.0. The smallest absolute Gasteiger partial charge is 0.173 e. The predicted octanol–water partition coefficient (Wildman–Crippen LogP) is 5.81. The van der Waals surface area contributed by atoms with Crippen LogP contribution in [0.5, 0.6) is 0 Å². The number of rotatable bonds is 3. The van der Waals surface area contributed by atoms with Crippen LogP contribution in [0.15, 0.2) is 21.1 Å². The van der Waals surface area contributed by atoms with Gasteiger partial charge in [0.05, 0.1) is 8.95 Å². The molecule has 2 aromatic rings. The molecule has 0 unspecified atom stereocenters. The molecule has 1 aromatic carbocycles. The highest BCUT2D eigenvalue weighted by Gasteiger charge is 2.16. The molecule has 2 nitrogen and oxygen atoms in total. The molecule has 0 saturated heterocycles. The third kappa shape index (κ3) is 3.57. The SMILES string of the molecule is CC(C)Cc1[nH]c(-c2ccc(F)c(F)c2Br)nc(=S)c1Br. The van der Waals surface area contributed by atoms with E-state index in [4.69, 9.17) is 12.2 Å². The monoisotopic (exact) mass is 436 g/mol. The predicted molar refractivity (Wildman–Crippen MR) is 88.7 cm³/mol. The highest BCUT2D eigenvalue weighted by Crippen LogP contribution is 2.31. The second kappa shape index (κ2) is 6.62. The Morgan fingerprint density at radius 1 is 1.24 bits per heavy atom. The Kier molecular flexibility index (Phi) is 5.27. The van der Waals surface area contributed by atoms with Gasteiger partial charge in [-0.15, -0.1) is 0 Å². The molecule has 0 atom stereocenters. The molecule has 112 valence electrons. The minimum absolute atomic E-state index is 0.0264. The summed E-state index contributed by atoms with van der Waals surface area (Å²) in [4.78, 5) is 7.38. The van der Waals surface area contributed by atoms with Crippen molar-refractivity contribution < 1.29 is 8.78 Å². The summed E-state index contributed by atoms with van der Waals surface area (Å²) >= 11 is 11.7. The molecular formula is C14H12Br2F2N2S. The number of hydrogen-bond acceptors (Lipinski definition) is 2. The first-order valence-corrected chi connectivity index (χ1v) is 8.23. The average Bonchev–Trinajstić information content (AvgIpc) is 2.41. The second-order valence-corrected chi connectivity index (χ2v) is 6.98. The lowest BCUT2D eigenvalue weighted by molar-refractivity contribution is 0.504. The summed E-state index contributed by atoms with van der Waals surface area (Å²) in [5.41, 5.74) is 1.31. The van der Waals surface area contributed by atoms with Crippen molar-refractivity contribution in [1.29, 1.82) is 0 Å². The highest BCUT2D eigenvalue weighted by molar-refractivity contribution is 9.11. The summed E-state index contributed by atoms with van der Waals surface area (Å²) in [6.07, 6.45) is 0.765. The molecule has 0 spiro atoms. The van der Waals surface area contributed by atoms with Crippen molar-refractivity contribution in [2.24, 2.45) is 5.92 Å². The van der Waals surface area contributed by atoms with Crippen molar-refractivity contribution in [3.05, 3.63) is 43.0 Å². The van der Waals surface area contributed by atoms with E-state index in [0.717, 1.165) is 22.7 Å². The molecule has 0 amide bonds. The molecule has 1 N–H and O–H groups in total. The van der Waals surface area contributed by atoms with Crippen LogP contribution in [0.3, 0.4) is 0 Å². The van der Waals surface area contributed by atoms with Gasteiger partial charge in [-0.2, -0.15) is 0 Å². The maximum absolute atomic E-state index is 13.7. The van der Waals surface area contributed by atoms with Gasteiger partial charge in [0.1, 0.15) is 10.5 Å². The summed E-state index contributed by atoms with van der Waals surface area (Å²) in [6, 6.07) is 2.53. The number of aromatic nitrogens is 2. The molecule has 0 fully saturated rings. The molecule has 1 heterocycles. The molecular weight excluding hydrogens is 426 g/mol. The van der Waals surface area contributed by atoms with E-state index in [2.05, 4.69) is 55.7 Å². The first-order chi connectivity index (χ1) is 9.81. The maximum Gasteiger partial charge on any atom is 0.173 e. The van der Waals surface area contributed by atoms with Gasteiger partial charge >= 0.3 is 0 Å². The fraction of sp³-hybridized carbons (Fsp3) is 0.286. The summed E-state index contributed by atoms with van der Waals surface area (Å²) in [6.45, 7) is 4.16. The van der Waals surface area contributed by atoms with Gasteiger partial charge in [-0.3, -0.25) is 0 Å². The molecule has 1 aromatic heterocycles. The number of halogens is 4. The summed E-state index contributed by atoms with van der Waals surface area (Å²) in [5.74, 6) is -1.04. The quantitative estimate of drug-likeness (QED) is 0.484. The highest BCUT2D eigenvalue weighted by atomic mass is 79.9. The minimum atomic E-state index is -0.943. The lowest BCUT2D eigenvalue weighted by atomic mass is 10.1. The minimum Gasteiger partial charge on any atom is -0.342 e. The van der Waals surface area contributed by atoms with E-state index >= 15 is 0 Å². The van der Waals surface area contributed by atoms with Gasteiger partial charge in [0.2, 0.25) is 0 Å². The van der Waals surface area contributed by atoms with E-state index in [1.54, 1.807) is 0 Å². The van der Waals surface area contributed by atoms with Crippen molar-refractivity contribution in [2.75, 3.05) is 0 Å². The van der Waals surface area contributed by atoms with E-state index < -0.39 is 11.6 Å². The van der Waals surface area contributed by atoms with Crippen molar-refractivity contribution >= 4 is 44.1 Å². The Bertz CT molecular complexity index is 744. The van der Waals surface area contributed by atoms with Gasteiger partial charge in [-0.25, -0.2) is 13.8 Å². The van der Waals surface area contributed by atoms with Gasteiger partial charge in [-0.1, -0.05) is 26.1 Å². The Morgan fingerprint density at radius 3 is 2.52 bits per heavy atom. The van der Waals surface area contributed by atoms with E-state index in [1.807, 2.05) is 0 Å². The third-order valence-corrected chi connectivity index (χ3v) is 5.03. The number of H-pyrrole nitrogens is 1. The largest absolute Gasteiger partial charge is 0.342 e. The van der Waals surface area contributed by atoms with E-state index in [0.29, 0.717) is 21.9 Å². The van der Waals surface area contributed by atoms with E-state index in [-0.39, 0.29) is 4.47 Å². The van der Waals surface area contributed by atoms with Gasteiger partial charge in [-0.05, 0) is 56.3 Å². The maximum atomic E-state index is 13.7. The fourth-order valence-electron chi connectivity index (χ4n) is 1.89. The fourth-order valence-corrected chi connectivity index (χ4v) is 2.96. The Hall–Kier alpha value is -0.660. The van der Waals surface area contributed by atoms with Crippen LogP contribution in [0.25, 0.3) is 11.4 Å². The first-order valence-electron chi connectivity index (χ1n) is 6.23. The van der Waals surface area contributed by atoms with Gasteiger partial charge in [0.25, 0.3) is 0 Å². The Balaban J connectivity index is 2.63. The zero-order valence-electron chi connectivity index (χ0n) is 11.3. The van der Waals surface area contributed by atoms with Crippen LogP contribution in [0, 0.1) is 22.2 Å². The summed E-state index contributed by atoms with van der Waals surface area (Å²) in [7, 11) is 0. The average molecular weight is 438 g/mol. The molecule has 2 rings (SSSR count). The topological polar surface area (TPSA) is 28.7 Å². The molecule has 0 radical (unpaired) electrons. The van der Waals surface area contributed by atoms with Crippen LogP contribution in [-0.4, -0.2) is 9.97 Å². The first kappa shape index (κ1) is 16.7. The van der Waals surface area contributed by atoms with Gasteiger partial charge in [0.15, 0.2) is 11.6 Å². The lowest BCUT2D eigenvalue weighted by Crippen LogP contribution is -2.03. The molecule has 0 aliphatic carbocycles. The van der Waals surface area contributed by atoms with Gasteiger partial charge in [0, 0.05) is 11.3 Å². The molecule has 0 saturated carbocycles. The molecule has 0 aliphatic heterocycles. The number of hydrogen-bond donors (Lipinski definition) is 1. The number of aromatic amines is 1. The Labute approximate surface area is 143 Å². The Morgan fingerprint density at radius 2 is 1.90 bits per heavy atom. The van der Waals surface area contributed by atoms with Crippen molar-refractivity contribution in [3.8, 4) is 11.4 Å². The van der Waals surface area contributed by atoms with Crippen LogP contribution < -0.4 is 0 Å². The molecule has 21 heavy (non-hydrogen) atoms. The second-order valence-electron chi connectivity index (χ2n) is 5.00. The van der Waals surface area contributed by atoms with E-state index in [1.165, 1.54) is 6.07 Å². The molecule has 0 bridgehead atoms. The van der Waals surface area contributed by atoms with Crippen LogP contribution in [0.4, 0.5) is 8.78 Å². The van der Waals surface area contributed by atoms with Crippen molar-refractivity contribution in [3.63, 3.8) is 0 Å². The van der Waals surface area contributed by atoms with Crippen LogP contribution in [0.1, 0.15) is 19.5 Å². The number of benzene rings is 1. The standard InChI is InChI=1S/C14H12Br2F2N2S/c1-6(2)5-9-11(16)14(21)20-13(19-9)7-3-4-8(17)12(18)10(7)15/h3-4,6H,5H2,1-2H3,(H,19,20,21). The van der Waals surface area contributed by atoms with Crippen molar-refractivity contribution in [1.82, 2.24) is 9.97 Å². The van der Waals surface area contributed by atoms with Crippen molar-refractivity contribution in [2.45, 2.75) is 20.3 Å². The zero-order valence-corrected chi connectivity index (χ0v) is 15.3. The number of nitrogens with zero attached hydrogens (tertiary/aromatic N) is 1. The normalized spacial score (nSPS) is 11.2. The molecule has 0 aliphatic rings. The van der Waals surface area contributed by atoms with E-state index in [9.17, 15) is 8.78 Å². The lowest BCUT2D eigenvalue weighted by Gasteiger charge is -2.12. The zero-order chi connectivity index (χ0) is 15.7. The van der Waals surface area contributed by atoms with Crippen LogP contribution >= 0.6 is 44.1 Å².